The SMILES string of the molecule is CCN(C)c1nc2ccccc2c2nnc(-c3ccc(F)cc3)n12. The molecule has 0 spiro atoms. The Morgan fingerprint density at radius 3 is 2.54 bits per heavy atom. The Labute approximate surface area is 138 Å². The van der Waals surface area contributed by atoms with Crippen molar-refractivity contribution in [3.8, 4) is 11.4 Å². The summed E-state index contributed by atoms with van der Waals surface area (Å²) in [5.41, 5.74) is 2.42. The molecule has 4 aromatic rings. The molecule has 24 heavy (non-hydrogen) atoms. The van der Waals surface area contributed by atoms with Gasteiger partial charge in [0.1, 0.15) is 5.82 Å². The summed E-state index contributed by atoms with van der Waals surface area (Å²) in [6, 6.07) is 14.1. The average Bonchev–Trinajstić information content (AvgIpc) is 3.06. The maximum Gasteiger partial charge on any atom is 0.213 e. The number of para-hydroxylation sites is 1. The number of fused-ring (bicyclic) bond motifs is 3. The second-order valence-electron chi connectivity index (χ2n) is 5.63. The maximum absolute atomic E-state index is 13.2. The van der Waals surface area contributed by atoms with E-state index in [0.717, 1.165) is 34.6 Å². The number of nitrogens with zero attached hydrogens (tertiary/aromatic N) is 5. The highest BCUT2D eigenvalue weighted by Crippen LogP contribution is 2.27. The number of benzene rings is 2. The van der Waals surface area contributed by atoms with Gasteiger partial charge in [0, 0.05) is 24.5 Å². The third-order valence-electron chi connectivity index (χ3n) is 4.15. The molecular formula is C18H16FN5. The van der Waals surface area contributed by atoms with Gasteiger partial charge in [-0.25, -0.2) is 13.8 Å². The molecule has 0 amide bonds. The number of rotatable bonds is 3. The summed E-state index contributed by atoms with van der Waals surface area (Å²) in [5.74, 6) is 1.14. The molecule has 120 valence electrons. The molecule has 0 unspecified atom stereocenters. The molecule has 6 heteroatoms. The zero-order chi connectivity index (χ0) is 16.7. The largest absolute Gasteiger partial charge is 0.345 e. The number of aromatic nitrogens is 4. The van der Waals surface area contributed by atoms with Crippen LogP contribution in [0.2, 0.25) is 0 Å². The quantitative estimate of drug-likeness (QED) is 0.579. The van der Waals surface area contributed by atoms with Crippen molar-refractivity contribution in [3.63, 3.8) is 0 Å². The van der Waals surface area contributed by atoms with Crippen molar-refractivity contribution in [1.29, 1.82) is 0 Å². The van der Waals surface area contributed by atoms with Gasteiger partial charge in [0.05, 0.1) is 5.52 Å². The molecule has 0 fully saturated rings. The van der Waals surface area contributed by atoms with Crippen molar-refractivity contribution in [3.05, 3.63) is 54.3 Å². The molecule has 5 nitrogen and oxygen atoms in total. The zero-order valence-electron chi connectivity index (χ0n) is 13.4. The Hall–Kier alpha value is -3.02. The Morgan fingerprint density at radius 1 is 1.04 bits per heavy atom. The van der Waals surface area contributed by atoms with Gasteiger partial charge in [0.25, 0.3) is 0 Å². The summed E-state index contributed by atoms with van der Waals surface area (Å²) < 4.78 is 15.2. The molecule has 0 aliphatic heterocycles. The Kier molecular flexibility index (Phi) is 3.37. The first-order valence-electron chi connectivity index (χ1n) is 7.80. The summed E-state index contributed by atoms with van der Waals surface area (Å²) in [6.07, 6.45) is 0. The third-order valence-corrected chi connectivity index (χ3v) is 4.15. The first kappa shape index (κ1) is 14.6. The van der Waals surface area contributed by atoms with Crippen LogP contribution in [0.1, 0.15) is 6.92 Å². The van der Waals surface area contributed by atoms with Crippen LogP contribution in [-0.4, -0.2) is 33.2 Å². The van der Waals surface area contributed by atoms with Crippen molar-refractivity contribution >= 4 is 22.5 Å². The molecule has 0 saturated carbocycles. The Bertz CT molecular complexity index is 1020. The van der Waals surface area contributed by atoms with Crippen LogP contribution in [0, 0.1) is 5.82 Å². The van der Waals surface area contributed by atoms with Crippen LogP contribution in [0.3, 0.4) is 0 Å². The number of halogens is 1. The lowest BCUT2D eigenvalue weighted by Crippen LogP contribution is -2.21. The summed E-state index contributed by atoms with van der Waals surface area (Å²) in [4.78, 5) is 6.82. The van der Waals surface area contributed by atoms with Gasteiger partial charge in [-0.3, -0.25) is 0 Å². The molecule has 0 aliphatic carbocycles. The minimum atomic E-state index is -0.276. The molecule has 0 radical (unpaired) electrons. The van der Waals surface area contributed by atoms with E-state index in [1.54, 1.807) is 12.1 Å². The fourth-order valence-electron chi connectivity index (χ4n) is 2.75. The van der Waals surface area contributed by atoms with Crippen LogP contribution in [0.5, 0.6) is 0 Å². The van der Waals surface area contributed by atoms with Crippen LogP contribution < -0.4 is 4.90 Å². The van der Waals surface area contributed by atoms with Crippen LogP contribution in [0.15, 0.2) is 48.5 Å². The third kappa shape index (κ3) is 2.19. The second kappa shape index (κ2) is 5.56. The van der Waals surface area contributed by atoms with Gasteiger partial charge in [0.2, 0.25) is 5.95 Å². The molecule has 0 saturated heterocycles. The predicted molar refractivity (Wildman–Crippen MR) is 92.6 cm³/mol. The van der Waals surface area contributed by atoms with E-state index in [1.807, 2.05) is 40.6 Å². The minimum Gasteiger partial charge on any atom is -0.345 e. The van der Waals surface area contributed by atoms with Gasteiger partial charge in [0.15, 0.2) is 11.5 Å². The predicted octanol–water partition coefficient (Wildman–Crippen LogP) is 3.54. The Balaban J connectivity index is 2.09. The maximum atomic E-state index is 13.2. The summed E-state index contributed by atoms with van der Waals surface area (Å²) in [7, 11) is 1.98. The second-order valence-corrected chi connectivity index (χ2v) is 5.63. The highest BCUT2D eigenvalue weighted by Gasteiger charge is 2.18. The monoisotopic (exact) mass is 321 g/mol. The Morgan fingerprint density at radius 2 is 1.79 bits per heavy atom. The first-order valence-corrected chi connectivity index (χ1v) is 7.80. The van der Waals surface area contributed by atoms with Gasteiger partial charge in [-0.15, -0.1) is 10.2 Å². The smallest absolute Gasteiger partial charge is 0.213 e. The molecule has 2 aromatic carbocycles. The lowest BCUT2D eigenvalue weighted by atomic mass is 10.2. The lowest BCUT2D eigenvalue weighted by molar-refractivity contribution is 0.628. The summed E-state index contributed by atoms with van der Waals surface area (Å²) >= 11 is 0. The molecule has 0 N–H and O–H groups in total. The summed E-state index contributed by atoms with van der Waals surface area (Å²) in [5, 5.41) is 9.66. The van der Waals surface area contributed by atoms with E-state index in [4.69, 9.17) is 4.98 Å². The van der Waals surface area contributed by atoms with Crippen molar-refractivity contribution in [2.75, 3.05) is 18.5 Å². The van der Waals surface area contributed by atoms with Crippen LogP contribution >= 0.6 is 0 Å². The molecule has 4 rings (SSSR count). The van der Waals surface area contributed by atoms with E-state index < -0.39 is 0 Å². The molecular weight excluding hydrogens is 305 g/mol. The van der Waals surface area contributed by atoms with Gasteiger partial charge in [-0.05, 0) is 43.3 Å². The van der Waals surface area contributed by atoms with Crippen molar-refractivity contribution < 1.29 is 4.39 Å². The highest BCUT2D eigenvalue weighted by atomic mass is 19.1. The average molecular weight is 321 g/mol. The number of anilines is 1. The van der Waals surface area contributed by atoms with Crippen molar-refractivity contribution in [2.45, 2.75) is 6.92 Å². The van der Waals surface area contributed by atoms with Crippen molar-refractivity contribution in [2.24, 2.45) is 0 Å². The standard InChI is InChI=1S/C18H16FN5/c1-3-23(2)18-20-15-7-5-4-6-14(15)17-22-21-16(24(17)18)12-8-10-13(19)11-9-12/h4-11H,3H2,1-2H3. The normalized spacial score (nSPS) is 11.3. The molecule has 0 bridgehead atoms. The van der Waals surface area contributed by atoms with Crippen LogP contribution in [0.4, 0.5) is 10.3 Å². The van der Waals surface area contributed by atoms with E-state index in [9.17, 15) is 4.39 Å². The first-order chi connectivity index (χ1) is 11.7. The van der Waals surface area contributed by atoms with E-state index in [1.165, 1.54) is 12.1 Å². The molecule has 2 heterocycles. The van der Waals surface area contributed by atoms with Gasteiger partial charge < -0.3 is 4.90 Å². The minimum absolute atomic E-state index is 0.276. The van der Waals surface area contributed by atoms with E-state index in [0.29, 0.717) is 5.82 Å². The van der Waals surface area contributed by atoms with Crippen LogP contribution in [0.25, 0.3) is 27.9 Å². The van der Waals surface area contributed by atoms with Crippen LogP contribution in [-0.2, 0) is 0 Å². The molecule has 2 aromatic heterocycles. The zero-order valence-corrected chi connectivity index (χ0v) is 13.4. The molecule has 0 aliphatic rings. The van der Waals surface area contributed by atoms with E-state index in [2.05, 4.69) is 17.1 Å². The summed E-state index contributed by atoms with van der Waals surface area (Å²) in [6.45, 7) is 2.85. The van der Waals surface area contributed by atoms with Gasteiger partial charge >= 0.3 is 0 Å². The fourth-order valence-corrected chi connectivity index (χ4v) is 2.75. The highest BCUT2D eigenvalue weighted by molar-refractivity contribution is 5.93. The number of hydrogen-bond acceptors (Lipinski definition) is 4. The van der Waals surface area contributed by atoms with E-state index >= 15 is 0 Å². The lowest BCUT2D eigenvalue weighted by Gasteiger charge is -2.18. The van der Waals surface area contributed by atoms with Crippen molar-refractivity contribution in [1.82, 2.24) is 19.6 Å². The number of hydrogen-bond donors (Lipinski definition) is 0. The van der Waals surface area contributed by atoms with E-state index in [-0.39, 0.29) is 5.82 Å². The molecule has 0 atom stereocenters. The van der Waals surface area contributed by atoms with Gasteiger partial charge in [-0.1, -0.05) is 12.1 Å². The van der Waals surface area contributed by atoms with Gasteiger partial charge in [-0.2, -0.15) is 0 Å². The fraction of sp³-hybridized carbons (Fsp3) is 0.167. The topological polar surface area (TPSA) is 46.3 Å².